The van der Waals surface area contributed by atoms with Gasteiger partial charge >= 0.3 is 0 Å². The van der Waals surface area contributed by atoms with E-state index in [0.717, 1.165) is 48.3 Å². The average molecular weight is 416 g/mol. The summed E-state index contributed by atoms with van der Waals surface area (Å²) in [6, 6.07) is 7.43. The largest absolute Gasteiger partial charge is 0.355 e. The molecule has 0 saturated carbocycles. The third-order valence-electron chi connectivity index (χ3n) is 6.27. The lowest BCUT2D eigenvalue weighted by Gasteiger charge is -2.33. The van der Waals surface area contributed by atoms with E-state index >= 15 is 0 Å². The van der Waals surface area contributed by atoms with Crippen molar-refractivity contribution in [3.8, 4) is 11.3 Å². The van der Waals surface area contributed by atoms with Gasteiger partial charge in [-0.1, -0.05) is 0 Å². The Kier molecular flexibility index (Phi) is 4.97. The quantitative estimate of drug-likeness (QED) is 0.510. The van der Waals surface area contributed by atoms with Crippen LogP contribution < -0.4 is 10.5 Å². The van der Waals surface area contributed by atoms with Gasteiger partial charge in [0.05, 0.1) is 17.5 Å². The minimum atomic E-state index is -0.0129. The van der Waals surface area contributed by atoms with Gasteiger partial charge in [-0.05, 0) is 43.9 Å². The smallest absolute Gasteiger partial charge is 0.253 e. The van der Waals surface area contributed by atoms with Crippen molar-refractivity contribution in [3.63, 3.8) is 0 Å². The molecule has 0 atom stereocenters. The minimum absolute atomic E-state index is 0.0129. The van der Waals surface area contributed by atoms with Gasteiger partial charge < -0.3 is 9.47 Å². The summed E-state index contributed by atoms with van der Waals surface area (Å²) in [6.45, 7) is 4.61. The van der Waals surface area contributed by atoms with Crippen LogP contribution in [0.25, 0.3) is 22.3 Å². The lowest BCUT2D eigenvalue weighted by Crippen LogP contribution is -2.37. The van der Waals surface area contributed by atoms with Crippen molar-refractivity contribution in [2.45, 2.75) is 26.3 Å². The number of pyridine rings is 1. The molecule has 0 spiro atoms. The molecule has 158 valence electrons. The molecule has 4 aromatic rings. The molecule has 8 heteroatoms. The zero-order chi connectivity index (χ0) is 21.4. The Morgan fingerprint density at radius 3 is 2.58 bits per heavy atom. The molecule has 31 heavy (non-hydrogen) atoms. The number of hydrogen-bond donors (Lipinski definition) is 0. The molecule has 0 amide bonds. The number of hydrogen-bond acceptors (Lipinski definition) is 6. The molecule has 1 saturated heterocycles. The molecule has 5 rings (SSSR count). The number of rotatable bonds is 4. The third-order valence-corrected chi connectivity index (χ3v) is 6.27. The molecular formula is C23H25N7O. The Morgan fingerprint density at radius 1 is 1.06 bits per heavy atom. The minimum Gasteiger partial charge on any atom is -0.355 e. The van der Waals surface area contributed by atoms with Gasteiger partial charge in [-0.15, -0.1) is 0 Å². The fourth-order valence-electron chi connectivity index (χ4n) is 4.36. The Balaban J connectivity index is 1.28. The van der Waals surface area contributed by atoms with E-state index < -0.39 is 0 Å². The Hall–Kier alpha value is -3.55. The maximum absolute atomic E-state index is 12.6. The van der Waals surface area contributed by atoms with E-state index in [-0.39, 0.29) is 5.56 Å². The van der Waals surface area contributed by atoms with Crippen molar-refractivity contribution in [2.75, 3.05) is 18.0 Å². The lowest BCUT2D eigenvalue weighted by molar-refractivity contribution is 0.350. The van der Waals surface area contributed by atoms with Crippen LogP contribution in [0.2, 0.25) is 0 Å². The molecule has 0 N–H and O–H groups in total. The van der Waals surface area contributed by atoms with Crippen LogP contribution in [-0.2, 0) is 13.6 Å². The van der Waals surface area contributed by atoms with E-state index in [1.165, 1.54) is 5.69 Å². The second-order valence-corrected chi connectivity index (χ2v) is 8.21. The van der Waals surface area contributed by atoms with Crippen LogP contribution in [0.4, 0.5) is 5.82 Å². The fraction of sp³-hybridized carbons (Fsp3) is 0.348. The van der Waals surface area contributed by atoms with Gasteiger partial charge in [-0.25, -0.2) is 15.0 Å². The van der Waals surface area contributed by atoms with Crippen LogP contribution in [0.15, 0.2) is 54.1 Å². The van der Waals surface area contributed by atoms with E-state index in [1.54, 1.807) is 35.7 Å². The number of piperidine rings is 1. The zero-order valence-electron chi connectivity index (χ0n) is 17.8. The average Bonchev–Trinajstić information content (AvgIpc) is 3.10. The molecule has 1 fully saturated rings. The number of aromatic nitrogens is 6. The predicted molar refractivity (Wildman–Crippen MR) is 120 cm³/mol. The van der Waals surface area contributed by atoms with Crippen molar-refractivity contribution in [1.82, 2.24) is 29.1 Å². The van der Waals surface area contributed by atoms with E-state index in [0.29, 0.717) is 18.2 Å². The van der Waals surface area contributed by atoms with E-state index in [2.05, 4.69) is 49.4 Å². The molecular weight excluding hydrogens is 390 g/mol. The molecule has 5 heterocycles. The highest BCUT2D eigenvalue weighted by atomic mass is 16.1. The van der Waals surface area contributed by atoms with E-state index in [1.807, 2.05) is 12.1 Å². The van der Waals surface area contributed by atoms with E-state index in [4.69, 9.17) is 0 Å². The predicted octanol–water partition coefficient (Wildman–Crippen LogP) is 2.81. The number of fused-ring (bicyclic) bond motifs is 1. The van der Waals surface area contributed by atoms with Gasteiger partial charge in [-0.2, -0.15) is 0 Å². The molecule has 0 bridgehead atoms. The van der Waals surface area contributed by atoms with Crippen molar-refractivity contribution >= 4 is 16.9 Å². The van der Waals surface area contributed by atoms with Crippen molar-refractivity contribution in [2.24, 2.45) is 13.0 Å². The van der Waals surface area contributed by atoms with Crippen LogP contribution >= 0.6 is 0 Å². The van der Waals surface area contributed by atoms with Crippen LogP contribution in [0.3, 0.4) is 0 Å². The SMILES string of the molecule is Cc1cc2ncnc(N3CCC(Cn4cnc(-c5ccncc5)cc4=O)CC3)c2n1C. The Labute approximate surface area is 180 Å². The van der Waals surface area contributed by atoms with Gasteiger partial charge in [0.25, 0.3) is 5.56 Å². The zero-order valence-corrected chi connectivity index (χ0v) is 17.8. The molecule has 4 aromatic heterocycles. The maximum atomic E-state index is 12.6. The Morgan fingerprint density at radius 2 is 1.84 bits per heavy atom. The summed E-state index contributed by atoms with van der Waals surface area (Å²) in [5.74, 6) is 1.44. The summed E-state index contributed by atoms with van der Waals surface area (Å²) in [5, 5.41) is 0. The fourth-order valence-corrected chi connectivity index (χ4v) is 4.36. The maximum Gasteiger partial charge on any atom is 0.253 e. The number of anilines is 1. The second-order valence-electron chi connectivity index (χ2n) is 8.21. The topological polar surface area (TPSA) is 81.7 Å². The lowest BCUT2D eigenvalue weighted by atomic mass is 9.96. The summed E-state index contributed by atoms with van der Waals surface area (Å²) in [7, 11) is 2.06. The standard InChI is InChI=1S/C23H25N7O/c1-16-11-20-22(28(16)2)23(26-14-25-20)29-9-5-17(6-10-29)13-30-15-27-19(12-21(30)31)18-3-7-24-8-4-18/h3-4,7-8,11-12,14-15,17H,5-6,9-10,13H2,1-2H3. The molecule has 1 aliphatic rings. The summed E-state index contributed by atoms with van der Waals surface area (Å²) in [6.07, 6.45) is 8.75. The molecule has 0 unspecified atom stereocenters. The number of nitrogens with zero attached hydrogens (tertiary/aromatic N) is 7. The van der Waals surface area contributed by atoms with E-state index in [9.17, 15) is 4.79 Å². The third kappa shape index (κ3) is 3.69. The monoisotopic (exact) mass is 415 g/mol. The normalized spacial score (nSPS) is 15.0. The highest BCUT2D eigenvalue weighted by Gasteiger charge is 2.23. The Bertz CT molecular complexity index is 1270. The molecule has 0 aromatic carbocycles. The van der Waals surface area contributed by atoms with Crippen LogP contribution in [0.1, 0.15) is 18.5 Å². The molecule has 1 aliphatic heterocycles. The second kappa shape index (κ2) is 7.94. The summed E-state index contributed by atoms with van der Waals surface area (Å²) >= 11 is 0. The summed E-state index contributed by atoms with van der Waals surface area (Å²) in [5.41, 5.74) is 4.82. The first-order chi connectivity index (χ1) is 15.1. The molecule has 0 aliphatic carbocycles. The van der Waals surface area contributed by atoms with Gasteiger partial charge in [0.2, 0.25) is 0 Å². The highest BCUT2D eigenvalue weighted by Crippen LogP contribution is 2.29. The van der Waals surface area contributed by atoms with Gasteiger partial charge in [0, 0.05) is 56.4 Å². The van der Waals surface area contributed by atoms with Gasteiger partial charge in [0.15, 0.2) is 5.82 Å². The van der Waals surface area contributed by atoms with Crippen molar-refractivity contribution in [1.29, 1.82) is 0 Å². The first kappa shape index (κ1) is 19.4. The van der Waals surface area contributed by atoms with Crippen LogP contribution in [0, 0.1) is 12.8 Å². The van der Waals surface area contributed by atoms with Gasteiger partial charge in [0.1, 0.15) is 11.8 Å². The molecule has 8 nitrogen and oxygen atoms in total. The summed E-state index contributed by atoms with van der Waals surface area (Å²) in [4.78, 5) is 32.5. The number of aryl methyl sites for hydroxylation is 2. The van der Waals surface area contributed by atoms with Crippen LogP contribution in [0.5, 0.6) is 0 Å². The molecule has 0 radical (unpaired) electrons. The first-order valence-electron chi connectivity index (χ1n) is 10.6. The van der Waals surface area contributed by atoms with Crippen molar-refractivity contribution < 1.29 is 0 Å². The first-order valence-corrected chi connectivity index (χ1v) is 10.6. The van der Waals surface area contributed by atoms with Gasteiger partial charge in [-0.3, -0.25) is 14.3 Å². The van der Waals surface area contributed by atoms with Crippen LogP contribution in [-0.4, -0.2) is 42.2 Å². The highest BCUT2D eigenvalue weighted by molar-refractivity contribution is 5.87. The summed E-state index contributed by atoms with van der Waals surface area (Å²) < 4.78 is 3.89. The van der Waals surface area contributed by atoms with Crippen molar-refractivity contribution in [3.05, 3.63) is 65.4 Å².